The predicted molar refractivity (Wildman–Crippen MR) is 72.4 cm³/mol. The van der Waals surface area contributed by atoms with Crippen LogP contribution in [0, 0.1) is 12.7 Å². The van der Waals surface area contributed by atoms with Gasteiger partial charge in [-0.1, -0.05) is 6.07 Å². The number of thiophene rings is 1. The number of phenols is 1. The second-order valence-electron chi connectivity index (χ2n) is 4.33. The maximum atomic E-state index is 12.9. The van der Waals surface area contributed by atoms with Gasteiger partial charge in [-0.05, 0) is 36.9 Å². The molecule has 2 N–H and O–H groups in total. The van der Waals surface area contributed by atoms with Crippen LogP contribution in [0.4, 0.5) is 4.39 Å². The van der Waals surface area contributed by atoms with Crippen molar-refractivity contribution in [3.8, 4) is 5.75 Å². The molecule has 18 heavy (non-hydrogen) atoms. The zero-order chi connectivity index (χ0) is 13.1. The lowest BCUT2D eigenvalue weighted by atomic mass is 10.1. The van der Waals surface area contributed by atoms with E-state index in [1.807, 2.05) is 6.92 Å². The Bertz CT molecular complexity index is 538. The normalized spacial score (nSPS) is 12.6. The van der Waals surface area contributed by atoms with E-state index in [2.05, 4.69) is 23.7 Å². The van der Waals surface area contributed by atoms with Crippen molar-refractivity contribution in [1.29, 1.82) is 0 Å². The van der Waals surface area contributed by atoms with Crippen LogP contribution in [0.15, 0.2) is 29.6 Å². The van der Waals surface area contributed by atoms with E-state index >= 15 is 0 Å². The molecule has 1 unspecified atom stereocenters. The number of nitrogens with one attached hydrogen (secondary N) is 1. The van der Waals surface area contributed by atoms with Crippen molar-refractivity contribution >= 4 is 11.3 Å². The van der Waals surface area contributed by atoms with E-state index in [9.17, 15) is 9.50 Å². The highest BCUT2D eigenvalue weighted by molar-refractivity contribution is 7.10. The van der Waals surface area contributed by atoms with Gasteiger partial charge in [-0.2, -0.15) is 0 Å². The van der Waals surface area contributed by atoms with Gasteiger partial charge in [0, 0.05) is 29.1 Å². The molecule has 0 bridgehead atoms. The molecule has 0 fully saturated rings. The summed E-state index contributed by atoms with van der Waals surface area (Å²) in [6, 6.07) is 6.19. The average Bonchev–Trinajstić information content (AvgIpc) is 2.72. The first-order valence-electron chi connectivity index (χ1n) is 5.82. The highest BCUT2D eigenvalue weighted by Gasteiger charge is 2.11. The van der Waals surface area contributed by atoms with Crippen LogP contribution < -0.4 is 5.32 Å². The van der Waals surface area contributed by atoms with E-state index in [0.29, 0.717) is 5.56 Å². The molecule has 0 spiro atoms. The monoisotopic (exact) mass is 265 g/mol. The van der Waals surface area contributed by atoms with Crippen LogP contribution in [0.2, 0.25) is 0 Å². The molecule has 96 valence electrons. The van der Waals surface area contributed by atoms with Gasteiger partial charge in [-0.3, -0.25) is 0 Å². The number of aryl methyl sites for hydroxylation is 1. The van der Waals surface area contributed by atoms with Gasteiger partial charge in [0.05, 0.1) is 0 Å². The molecule has 2 nitrogen and oxygen atoms in total. The summed E-state index contributed by atoms with van der Waals surface area (Å²) >= 11 is 1.71. The molecule has 1 aromatic carbocycles. The second kappa shape index (κ2) is 5.50. The van der Waals surface area contributed by atoms with Crippen LogP contribution in [-0.2, 0) is 6.54 Å². The van der Waals surface area contributed by atoms with Gasteiger partial charge in [0.1, 0.15) is 11.6 Å². The molecule has 0 aliphatic carbocycles. The molecule has 1 aromatic heterocycles. The molecule has 0 saturated carbocycles. The third-order valence-electron chi connectivity index (χ3n) is 3.00. The van der Waals surface area contributed by atoms with Crippen molar-refractivity contribution in [2.45, 2.75) is 26.4 Å². The van der Waals surface area contributed by atoms with Crippen molar-refractivity contribution < 1.29 is 9.50 Å². The summed E-state index contributed by atoms with van der Waals surface area (Å²) in [6.45, 7) is 4.78. The molecule has 1 atom stereocenters. The maximum absolute atomic E-state index is 12.9. The van der Waals surface area contributed by atoms with Crippen molar-refractivity contribution in [2.75, 3.05) is 0 Å². The summed E-state index contributed by atoms with van der Waals surface area (Å²) in [7, 11) is 0. The first-order valence-corrected chi connectivity index (χ1v) is 6.70. The van der Waals surface area contributed by atoms with Gasteiger partial charge in [0.2, 0.25) is 0 Å². The molecule has 0 saturated heterocycles. The number of rotatable bonds is 4. The second-order valence-corrected chi connectivity index (χ2v) is 5.33. The fraction of sp³-hybridized carbons (Fsp3) is 0.286. The minimum atomic E-state index is -0.419. The van der Waals surface area contributed by atoms with Gasteiger partial charge in [0.25, 0.3) is 0 Å². The Hall–Kier alpha value is -1.39. The molecule has 0 aliphatic rings. The number of hydrogen-bond acceptors (Lipinski definition) is 3. The van der Waals surface area contributed by atoms with E-state index < -0.39 is 5.82 Å². The molecular weight excluding hydrogens is 249 g/mol. The predicted octanol–water partition coefficient (Wildman–Crippen LogP) is 3.75. The molecular formula is C14H16FNOS. The Kier molecular flexibility index (Phi) is 3.99. The number of aromatic hydroxyl groups is 1. The van der Waals surface area contributed by atoms with Gasteiger partial charge >= 0.3 is 0 Å². The number of phenolic OH excluding ortho intramolecular Hbond substituents is 1. The lowest BCUT2D eigenvalue weighted by Crippen LogP contribution is -2.18. The third-order valence-corrected chi connectivity index (χ3v) is 4.02. The third kappa shape index (κ3) is 2.89. The number of benzene rings is 1. The van der Waals surface area contributed by atoms with E-state index in [1.54, 1.807) is 17.4 Å². The molecule has 0 amide bonds. The largest absolute Gasteiger partial charge is 0.508 e. The first kappa shape index (κ1) is 13.1. The van der Waals surface area contributed by atoms with E-state index in [0.717, 1.165) is 12.6 Å². The number of hydrogen-bond donors (Lipinski definition) is 2. The van der Waals surface area contributed by atoms with E-state index in [-0.39, 0.29) is 11.8 Å². The van der Waals surface area contributed by atoms with Crippen LogP contribution in [0.1, 0.15) is 29.0 Å². The molecule has 0 aliphatic heterocycles. The maximum Gasteiger partial charge on any atom is 0.126 e. The van der Waals surface area contributed by atoms with Crippen molar-refractivity contribution in [3.05, 3.63) is 51.5 Å². The Morgan fingerprint density at radius 3 is 2.78 bits per heavy atom. The lowest BCUT2D eigenvalue weighted by molar-refractivity contribution is 0.447. The molecule has 4 heteroatoms. The minimum Gasteiger partial charge on any atom is -0.508 e. The SMILES string of the molecule is Cc1ccsc1CNC(C)c1ccc(F)cc1O. The summed E-state index contributed by atoms with van der Waals surface area (Å²) in [5.41, 5.74) is 1.98. The molecule has 2 rings (SSSR count). The highest BCUT2D eigenvalue weighted by atomic mass is 32.1. The standard InChI is InChI=1S/C14H16FNOS/c1-9-5-6-18-14(9)8-16-10(2)12-4-3-11(15)7-13(12)17/h3-7,10,16-17H,8H2,1-2H3. The quantitative estimate of drug-likeness (QED) is 0.882. The highest BCUT2D eigenvalue weighted by Crippen LogP contribution is 2.25. The Morgan fingerprint density at radius 1 is 1.39 bits per heavy atom. The summed E-state index contributed by atoms with van der Waals surface area (Å²) in [5, 5.41) is 15.1. The topological polar surface area (TPSA) is 32.3 Å². The Balaban J connectivity index is 2.03. The Morgan fingerprint density at radius 2 is 2.17 bits per heavy atom. The van der Waals surface area contributed by atoms with Crippen LogP contribution >= 0.6 is 11.3 Å². The van der Waals surface area contributed by atoms with Gasteiger partial charge < -0.3 is 10.4 Å². The molecule has 2 aromatic rings. The minimum absolute atomic E-state index is 0.00194. The van der Waals surface area contributed by atoms with E-state index in [4.69, 9.17) is 0 Å². The van der Waals surface area contributed by atoms with Gasteiger partial charge in [-0.15, -0.1) is 11.3 Å². The van der Waals surface area contributed by atoms with Crippen molar-refractivity contribution in [1.82, 2.24) is 5.32 Å². The molecule has 1 heterocycles. The first-order chi connectivity index (χ1) is 8.58. The fourth-order valence-electron chi connectivity index (χ4n) is 1.82. The molecule has 0 radical (unpaired) electrons. The summed E-state index contributed by atoms with van der Waals surface area (Å²) in [5.74, 6) is -0.421. The lowest BCUT2D eigenvalue weighted by Gasteiger charge is -2.15. The van der Waals surface area contributed by atoms with E-state index in [1.165, 1.54) is 16.5 Å². The van der Waals surface area contributed by atoms with Crippen LogP contribution in [0.3, 0.4) is 0 Å². The fourth-order valence-corrected chi connectivity index (χ4v) is 2.68. The van der Waals surface area contributed by atoms with Crippen LogP contribution in [0.25, 0.3) is 0 Å². The number of halogens is 1. The van der Waals surface area contributed by atoms with Crippen LogP contribution in [0.5, 0.6) is 5.75 Å². The van der Waals surface area contributed by atoms with Crippen LogP contribution in [-0.4, -0.2) is 5.11 Å². The zero-order valence-corrected chi connectivity index (χ0v) is 11.2. The summed E-state index contributed by atoms with van der Waals surface area (Å²) < 4.78 is 12.9. The van der Waals surface area contributed by atoms with Crippen molar-refractivity contribution in [2.24, 2.45) is 0 Å². The Labute approximate surface area is 110 Å². The smallest absolute Gasteiger partial charge is 0.126 e. The van der Waals surface area contributed by atoms with Crippen molar-refractivity contribution in [3.63, 3.8) is 0 Å². The zero-order valence-electron chi connectivity index (χ0n) is 10.4. The van der Waals surface area contributed by atoms with Gasteiger partial charge in [-0.25, -0.2) is 4.39 Å². The summed E-state index contributed by atoms with van der Waals surface area (Å²) in [4.78, 5) is 1.28. The van der Waals surface area contributed by atoms with Gasteiger partial charge in [0.15, 0.2) is 0 Å². The average molecular weight is 265 g/mol. The summed E-state index contributed by atoms with van der Waals surface area (Å²) in [6.07, 6.45) is 0.